The first-order valence-corrected chi connectivity index (χ1v) is 12.2. The highest BCUT2D eigenvalue weighted by Gasteiger charge is 2.39. The van der Waals surface area contributed by atoms with Gasteiger partial charge < -0.3 is 5.32 Å². The summed E-state index contributed by atoms with van der Waals surface area (Å²) in [4.78, 5) is 27.9. The van der Waals surface area contributed by atoms with Gasteiger partial charge >= 0.3 is 0 Å². The van der Waals surface area contributed by atoms with Crippen molar-refractivity contribution in [2.24, 2.45) is 0 Å². The quantitative estimate of drug-likeness (QED) is 0.422. The summed E-state index contributed by atoms with van der Waals surface area (Å²) >= 11 is 2.31. The van der Waals surface area contributed by atoms with Crippen molar-refractivity contribution in [2.75, 3.05) is 11.9 Å². The summed E-state index contributed by atoms with van der Waals surface area (Å²) in [5.74, 6) is -1.06. The zero-order chi connectivity index (χ0) is 22.2. The van der Waals surface area contributed by atoms with Crippen LogP contribution in [0.1, 0.15) is 12.8 Å². The van der Waals surface area contributed by atoms with E-state index in [0.717, 1.165) is 27.8 Å². The molecule has 0 aliphatic carbocycles. The Morgan fingerprint density at radius 1 is 1.26 bits per heavy atom. The number of nitrogens with zero attached hydrogens (tertiary/aromatic N) is 3. The Morgan fingerprint density at radius 3 is 2.68 bits per heavy atom. The van der Waals surface area contributed by atoms with Crippen LogP contribution in [0.15, 0.2) is 46.0 Å². The van der Waals surface area contributed by atoms with Crippen LogP contribution in [0.25, 0.3) is 10.6 Å². The summed E-state index contributed by atoms with van der Waals surface area (Å²) in [5.41, 5.74) is 0.451. The Balaban J connectivity index is 1.50. The fourth-order valence-electron chi connectivity index (χ4n) is 3.22. The van der Waals surface area contributed by atoms with Gasteiger partial charge in [-0.25, -0.2) is 17.8 Å². The molecule has 13 heteroatoms. The molecule has 0 bridgehead atoms. The van der Waals surface area contributed by atoms with Crippen LogP contribution >= 0.6 is 22.7 Å². The Kier molecular flexibility index (Phi) is 5.83. The van der Waals surface area contributed by atoms with Gasteiger partial charge in [0, 0.05) is 18.0 Å². The van der Waals surface area contributed by atoms with Gasteiger partial charge in [-0.2, -0.15) is 4.31 Å². The van der Waals surface area contributed by atoms with Crippen molar-refractivity contribution >= 4 is 49.4 Å². The van der Waals surface area contributed by atoms with E-state index in [9.17, 15) is 27.7 Å². The van der Waals surface area contributed by atoms with E-state index in [1.807, 2.05) is 0 Å². The SMILES string of the molecule is O=C(Nc1nc(-c2cc([N+](=O)[O-])cs2)cs1)C1CCCN1S(=O)(=O)c1ccc(F)cc1. The van der Waals surface area contributed by atoms with Crippen molar-refractivity contribution in [1.29, 1.82) is 0 Å². The lowest BCUT2D eigenvalue weighted by molar-refractivity contribution is -0.384. The molecule has 4 rings (SSSR count). The molecule has 1 aliphatic heterocycles. The van der Waals surface area contributed by atoms with Gasteiger partial charge in [0.05, 0.1) is 25.8 Å². The number of amides is 1. The lowest BCUT2D eigenvalue weighted by Crippen LogP contribution is -2.43. The first-order chi connectivity index (χ1) is 14.8. The molecule has 0 radical (unpaired) electrons. The molecule has 0 saturated carbocycles. The summed E-state index contributed by atoms with van der Waals surface area (Å²) < 4.78 is 40.1. The number of sulfonamides is 1. The number of halogens is 1. The zero-order valence-corrected chi connectivity index (χ0v) is 18.2. The highest BCUT2D eigenvalue weighted by atomic mass is 32.2. The first kappa shape index (κ1) is 21.5. The topological polar surface area (TPSA) is 123 Å². The summed E-state index contributed by atoms with van der Waals surface area (Å²) in [7, 11) is -3.96. The van der Waals surface area contributed by atoms with E-state index in [1.54, 1.807) is 5.38 Å². The van der Waals surface area contributed by atoms with E-state index in [1.165, 1.54) is 34.9 Å². The maximum atomic E-state index is 13.2. The molecule has 1 aliphatic rings. The fraction of sp³-hybridized carbons (Fsp3) is 0.222. The number of nitrogens with one attached hydrogen (secondary N) is 1. The maximum Gasteiger partial charge on any atom is 0.280 e. The number of carbonyl (C=O) groups excluding carboxylic acids is 1. The van der Waals surface area contributed by atoms with Gasteiger partial charge in [0.1, 0.15) is 11.9 Å². The highest BCUT2D eigenvalue weighted by Crippen LogP contribution is 2.33. The van der Waals surface area contributed by atoms with E-state index in [0.29, 0.717) is 23.4 Å². The van der Waals surface area contributed by atoms with E-state index < -0.39 is 32.7 Å². The van der Waals surface area contributed by atoms with Crippen molar-refractivity contribution in [3.8, 4) is 10.6 Å². The van der Waals surface area contributed by atoms with E-state index in [4.69, 9.17) is 0 Å². The number of hydrogen-bond acceptors (Lipinski definition) is 8. The molecule has 1 saturated heterocycles. The normalized spacial score (nSPS) is 17.0. The van der Waals surface area contributed by atoms with Crippen molar-refractivity contribution in [1.82, 2.24) is 9.29 Å². The van der Waals surface area contributed by atoms with Gasteiger partial charge in [0.2, 0.25) is 15.9 Å². The van der Waals surface area contributed by atoms with Crippen LogP contribution in [0.4, 0.5) is 15.2 Å². The van der Waals surface area contributed by atoms with Crippen molar-refractivity contribution in [3.05, 3.63) is 57.0 Å². The molecular formula is C18H15FN4O5S3. The second-order valence-electron chi connectivity index (χ2n) is 6.68. The minimum Gasteiger partial charge on any atom is -0.301 e. The lowest BCUT2D eigenvalue weighted by atomic mass is 10.2. The van der Waals surface area contributed by atoms with Crippen LogP contribution < -0.4 is 5.32 Å². The largest absolute Gasteiger partial charge is 0.301 e. The van der Waals surface area contributed by atoms with Crippen LogP contribution in [0.3, 0.4) is 0 Å². The maximum absolute atomic E-state index is 13.2. The molecule has 9 nitrogen and oxygen atoms in total. The molecule has 1 unspecified atom stereocenters. The van der Waals surface area contributed by atoms with E-state index >= 15 is 0 Å². The first-order valence-electron chi connectivity index (χ1n) is 9.03. The third-order valence-corrected chi connectivity index (χ3v) is 8.33. The predicted molar refractivity (Wildman–Crippen MR) is 114 cm³/mol. The average Bonchev–Trinajstić information content (AvgIpc) is 3.48. The second kappa shape index (κ2) is 8.42. The molecule has 0 spiro atoms. The van der Waals surface area contributed by atoms with Gasteiger partial charge in [-0.15, -0.1) is 22.7 Å². The molecule has 1 N–H and O–H groups in total. The van der Waals surface area contributed by atoms with Crippen LogP contribution in [0.5, 0.6) is 0 Å². The molecule has 3 heterocycles. The number of benzene rings is 1. The third-order valence-electron chi connectivity index (χ3n) is 4.71. The summed E-state index contributed by atoms with van der Waals surface area (Å²) in [6, 6.07) is 4.95. The van der Waals surface area contributed by atoms with Crippen molar-refractivity contribution in [3.63, 3.8) is 0 Å². The highest BCUT2D eigenvalue weighted by molar-refractivity contribution is 7.89. The Morgan fingerprint density at radius 2 is 2.00 bits per heavy atom. The average molecular weight is 483 g/mol. The number of carbonyl (C=O) groups is 1. The lowest BCUT2D eigenvalue weighted by Gasteiger charge is -2.23. The van der Waals surface area contributed by atoms with E-state index in [2.05, 4.69) is 10.3 Å². The Labute approximate surface area is 184 Å². The number of rotatable bonds is 6. The number of aromatic nitrogens is 1. The number of thiazole rings is 1. The zero-order valence-electron chi connectivity index (χ0n) is 15.7. The van der Waals surface area contributed by atoms with Crippen molar-refractivity contribution < 1.29 is 22.5 Å². The van der Waals surface area contributed by atoms with Gasteiger partial charge in [-0.3, -0.25) is 14.9 Å². The molecule has 3 aromatic rings. The van der Waals surface area contributed by atoms with E-state index in [-0.39, 0.29) is 22.3 Å². The monoisotopic (exact) mass is 482 g/mol. The molecule has 1 atom stereocenters. The second-order valence-corrected chi connectivity index (χ2v) is 10.3. The Hall–Kier alpha value is -2.74. The molecule has 1 amide bonds. The van der Waals surface area contributed by atoms with Crippen LogP contribution in [-0.2, 0) is 14.8 Å². The third kappa shape index (κ3) is 4.35. The minimum atomic E-state index is -3.96. The van der Waals surface area contributed by atoms with Crippen LogP contribution in [0, 0.1) is 15.9 Å². The number of thiophene rings is 1. The Bertz CT molecular complexity index is 1240. The molecule has 1 aromatic carbocycles. The molecular weight excluding hydrogens is 467 g/mol. The summed E-state index contributed by atoms with van der Waals surface area (Å²) in [6.07, 6.45) is 0.863. The number of anilines is 1. The van der Waals surface area contributed by atoms with Gasteiger partial charge in [-0.1, -0.05) is 0 Å². The van der Waals surface area contributed by atoms with Gasteiger partial charge in [0.25, 0.3) is 5.69 Å². The summed E-state index contributed by atoms with van der Waals surface area (Å²) in [5, 5.41) is 16.8. The van der Waals surface area contributed by atoms with Crippen molar-refractivity contribution in [2.45, 2.75) is 23.8 Å². The smallest absolute Gasteiger partial charge is 0.280 e. The predicted octanol–water partition coefficient (Wildman–Crippen LogP) is 3.71. The molecule has 2 aromatic heterocycles. The summed E-state index contributed by atoms with van der Waals surface area (Å²) in [6.45, 7) is 0.180. The van der Waals surface area contributed by atoms with Crippen LogP contribution in [-0.4, -0.2) is 41.1 Å². The minimum absolute atomic E-state index is 0.0359. The van der Waals surface area contributed by atoms with Gasteiger partial charge in [0.15, 0.2) is 5.13 Å². The van der Waals surface area contributed by atoms with Gasteiger partial charge in [-0.05, 0) is 37.1 Å². The molecule has 1 fully saturated rings. The number of nitro groups is 1. The standard InChI is InChI=1S/C18H15FN4O5S3/c19-11-3-5-13(6-4-11)31(27,28)22-7-1-2-15(22)17(24)21-18-20-14(10-30-18)16-8-12(9-29-16)23(25)26/h3-6,8-10,15H,1-2,7H2,(H,20,21,24). The molecule has 31 heavy (non-hydrogen) atoms. The number of hydrogen-bond donors (Lipinski definition) is 1. The molecule has 162 valence electrons. The van der Waals surface area contributed by atoms with Crippen LogP contribution in [0.2, 0.25) is 0 Å². The fourth-order valence-corrected chi connectivity index (χ4v) is 6.48.